The molecule has 0 amide bonds. The molecule has 15 heavy (non-hydrogen) atoms. The van der Waals surface area contributed by atoms with Crippen LogP contribution in [0.2, 0.25) is 0 Å². The molecule has 1 aliphatic carbocycles. The van der Waals surface area contributed by atoms with Crippen molar-refractivity contribution in [2.45, 2.75) is 25.2 Å². The van der Waals surface area contributed by atoms with Crippen LogP contribution in [0, 0.1) is 0 Å². The fraction of sp³-hybridized carbons (Fsp3) is 0.385. The predicted octanol–water partition coefficient (Wildman–Crippen LogP) is 2.55. The number of nitrogens with two attached hydrogens (primary N) is 1. The third kappa shape index (κ3) is 1.45. The van der Waals surface area contributed by atoms with Crippen molar-refractivity contribution in [3.8, 4) is 0 Å². The lowest BCUT2D eigenvalue weighted by Gasteiger charge is -2.00. The molecule has 0 saturated heterocycles. The molecule has 0 spiro atoms. The van der Waals surface area contributed by atoms with Crippen LogP contribution in [0.4, 0.5) is 0 Å². The number of rotatable bonds is 3. The third-order valence-corrected chi connectivity index (χ3v) is 3.23. The normalized spacial score (nSPS) is 16.1. The van der Waals surface area contributed by atoms with Crippen LogP contribution in [0.3, 0.4) is 0 Å². The van der Waals surface area contributed by atoms with Gasteiger partial charge < -0.3 is 10.7 Å². The summed E-state index contributed by atoms with van der Waals surface area (Å²) < 4.78 is 0. The van der Waals surface area contributed by atoms with Crippen molar-refractivity contribution in [2.24, 2.45) is 5.73 Å². The van der Waals surface area contributed by atoms with Gasteiger partial charge in [0.1, 0.15) is 0 Å². The van der Waals surface area contributed by atoms with Gasteiger partial charge in [0.25, 0.3) is 0 Å². The highest BCUT2D eigenvalue weighted by molar-refractivity contribution is 5.85. The molecule has 1 aromatic heterocycles. The van der Waals surface area contributed by atoms with E-state index in [1.54, 1.807) is 0 Å². The fourth-order valence-electron chi connectivity index (χ4n) is 2.36. The number of nitrogens with one attached hydrogen (secondary N) is 1. The van der Waals surface area contributed by atoms with Gasteiger partial charge in [0.05, 0.1) is 0 Å². The molecule has 1 fully saturated rings. The third-order valence-electron chi connectivity index (χ3n) is 3.23. The molecule has 1 heterocycles. The van der Waals surface area contributed by atoms with E-state index in [9.17, 15) is 0 Å². The van der Waals surface area contributed by atoms with Gasteiger partial charge in [-0.1, -0.05) is 18.2 Å². The van der Waals surface area contributed by atoms with Crippen molar-refractivity contribution in [1.82, 2.24) is 4.98 Å². The number of aromatic nitrogens is 1. The molecule has 0 unspecified atom stereocenters. The largest absolute Gasteiger partial charge is 0.358 e. The Bertz CT molecular complexity index is 480. The van der Waals surface area contributed by atoms with Gasteiger partial charge in [0.2, 0.25) is 0 Å². The lowest BCUT2D eigenvalue weighted by atomic mass is 10.1. The van der Waals surface area contributed by atoms with Crippen molar-refractivity contribution >= 4 is 10.9 Å². The summed E-state index contributed by atoms with van der Waals surface area (Å²) in [7, 11) is 0. The summed E-state index contributed by atoms with van der Waals surface area (Å²) in [6.45, 7) is 0.738. The Kier molecular flexibility index (Phi) is 2.03. The van der Waals surface area contributed by atoms with Crippen LogP contribution in [0.5, 0.6) is 0 Å². The first-order valence-electron chi connectivity index (χ1n) is 5.69. The number of H-pyrrole nitrogens is 1. The van der Waals surface area contributed by atoms with Crippen LogP contribution in [0.15, 0.2) is 24.3 Å². The van der Waals surface area contributed by atoms with Crippen molar-refractivity contribution in [1.29, 1.82) is 0 Å². The minimum Gasteiger partial charge on any atom is -0.358 e. The van der Waals surface area contributed by atoms with Crippen molar-refractivity contribution in [2.75, 3.05) is 6.54 Å². The number of hydrogen-bond acceptors (Lipinski definition) is 1. The van der Waals surface area contributed by atoms with E-state index in [-0.39, 0.29) is 0 Å². The maximum absolute atomic E-state index is 5.69. The molecule has 0 aliphatic heterocycles. The molecule has 0 atom stereocenters. The zero-order valence-electron chi connectivity index (χ0n) is 8.79. The van der Waals surface area contributed by atoms with Gasteiger partial charge in [-0.25, -0.2) is 0 Å². The highest BCUT2D eigenvalue weighted by Gasteiger charge is 2.28. The smallest absolute Gasteiger partial charge is 0.0459 e. The Morgan fingerprint density at radius 3 is 2.80 bits per heavy atom. The standard InChI is InChI=1S/C13H16N2/c14-8-7-11-10-3-1-2-4-12(10)15-13(11)9-5-6-9/h1-4,9,15H,5-8,14H2. The molecular weight excluding hydrogens is 184 g/mol. The van der Waals surface area contributed by atoms with Crippen molar-refractivity contribution < 1.29 is 0 Å². The fourth-order valence-corrected chi connectivity index (χ4v) is 2.36. The second-order valence-electron chi connectivity index (χ2n) is 4.38. The molecule has 3 rings (SSSR count). The topological polar surface area (TPSA) is 41.8 Å². The van der Waals surface area contributed by atoms with Crippen LogP contribution >= 0.6 is 0 Å². The van der Waals surface area contributed by atoms with E-state index in [1.807, 2.05) is 0 Å². The van der Waals surface area contributed by atoms with E-state index in [1.165, 1.54) is 35.0 Å². The Labute approximate surface area is 89.5 Å². The number of fused-ring (bicyclic) bond motifs is 1. The number of hydrogen-bond donors (Lipinski definition) is 2. The van der Waals surface area contributed by atoms with Crippen LogP contribution in [-0.4, -0.2) is 11.5 Å². The minimum absolute atomic E-state index is 0.738. The summed E-state index contributed by atoms with van der Waals surface area (Å²) in [5.41, 5.74) is 9.85. The van der Waals surface area contributed by atoms with Crippen molar-refractivity contribution in [3.63, 3.8) is 0 Å². The molecule has 0 bridgehead atoms. The summed E-state index contributed by atoms with van der Waals surface area (Å²) in [5.74, 6) is 0.777. The van der Waals surface area contributed by atoms with E-state index < -0.39 is 0 Å². The predicted molar refractivity (Wildman–Crippen MR) is 63.0 cm³/mol. The summed E-state index contributed by atoms with van der Waals surface area (Å²) in [6.07, 6.45) is 3.67. The van der Waals surface area contributed by atoms with Gasteiger partial charge in [0.15, 0.2) is 0 Å². The summed E-state index contributed by atoms with van der Waals surface area (Å²) in [6, 6.07) is 8.54. The number of para-hydroxylation sites is 1. The van der Waals surface area contributed by atoms with Gasteiger partial charge in [-0.15, -0.1) is 0 Å². The molecule has 1 saturated carbocycles. The van der Waals surface area contributed by atoms with Crippen LogP contribution in [0.1, 0.15) is 30.0 Å². The molecule has 2 heteroatoms. The average molecular weight is 200 g/mol. The summed E-state index contributed by atoms with van der Waals surface area (Å²) in [5, 5.41) is 1.37. The molecule has 2 aromatic rings. The maximum atomic E-state index is 5.69. The Balaban J connectivity index is 2.19. The summed E-state index contributed by atoms with van der Waals surface area (Å²) in [4.78, 5) is 3.56. The van der Waals surface area contributed by atoms with Gasteiger partial charge in [-0.05, 0) is 43.4 Å². The molecule has 0 radical (unpaired) electrons. The zero-order valence-corrected chi connectivity index (χ0v) is 8.79. The quantitative estimate of drug-likeness (QED) is 0.785. The molecule has 1 aliphatic rings. The first-order chi connectivity index (χ1) is 7.40. The molecule has 78 valence electrons. The van der Waals surface area contributed by atoms with Crippen LogP contribution in [-0.2, 0) is 6.42 Å². The monoisotopic (exact) mass is 200 g/mol. The second kappa shape index (κ2) is 3.38. The number of benzene rings is 1. The maximum Gasteiger partial charge on any atom is 0.0459 e. The van der Waals surface area contributed by atoms with E-state index >= 15 is 0 Å². The lowest BCUT2D eigenvalue weighted by molar-refractivity contribution is 0.931. The number of aromatic amines is 1. The molecular formula is C13H16N2. The molecule has 1 aromatic carbocycles. The van der Waals surface area contributed by atoms with Gasteiger partial charge >= 0.3 is 0 Å². The van der Waals surface area contributed by atoms with Crippen LogP contribution < -0.4 is 5.73 Å². The minimum atomic E-state index is 0.738. The average Bonchev–Trinajstić information content (AvgIpc) is 3.04. The second-order valence-corrected chi connectivity index (χ2v) is 4.38. The Hall–Kier alpha value is -1.28. The van der Waals surface area contributed by atoms with E-state index in [0.29, 0.717) is 0 Å². The van der Waals surface area contributed by atoms with E-state index in [2.05, 4.69) is 29.2 Å². The first kappa shape index (κ1) is 8.98. The van der Waals surface area contributed by atoms with Crippen LogP contribution in [0.25, 0.3) is 10.9 Å². The highest BCUT2D eigenvalue weighted by Crippen LogP contribution is 2.43. The molecule has 2 nitrogen and oxygen atoms in total. The van der Waals surface area contributed by atoms with Crippen molar-refractivity contribution in [3.05, 3.63) is 35.5 Å². The highest BCUT2D eigenvalue weighted by atomic mass is 14.7. The van der Waals surface area contributed by atoms with E-state index in [0.717, 1.165) is 18.9 Å². The Morgan fingerprint density at radius 2 is 2.07 bits per heavy atom. The van der Waals surface area contributed by atoms with Gasteiger partial charge in [0, 0.05) is 16.6 Å². The molecule has 3 N–H and O–H groups in total. The zero-order chi connectivity index (χ0) is 10.3. The summed E-state index contributed by atoms with van der Waals surface area (Å²) >= 11 is 0. The van der Waals surface area contributed by atoms with E-state index in [4.69, 9.17) is 5.73 Å². The first-order valence-corrected chi connectivity index (χ1v) is 5.69. The lowest BCUT2D eigenvalue weighted by Crippen LogP contribution is -2.04. The Morgan fingerprint density at radius 1 is 1.27 bits per heavy atom. The SMILES string of the molecule is NCCc1c(C2CC2)[nH]c2ccccc12. The van der Waals surface area contributed by atoms with Gasteiger partial charge in [-0.3, -0.25) is 0 Å². The van der Waals surface area contributed by atoms with Gasteiger partial charge in [-0.2, -0.15) is 0 Å².